The number of hydrogen-bond donors (Lipinski definition) is 1. The number of carbonyl (C=O) groups excluding carboxylic acids is 2. The van der Waals surface area contributed by atoms with Gasteiger partial charge in [-0.05, 0) is 12.1 Å². The summed E-state index contributed by atoms with van der Waals surface area (Å²) in [5, 5.41) is 0. The van der Waals surface area contributed by atoms with E-state index in [2.05, 4.69) is 5.48 Å². The van der Waals surface area contributed by atoms with Crippen LogP contribution in [0.1, 0.15) is 20.7 Å². The van der Waals surface area contributed by atoms with Gasteiger partial charge in [-0.3, -0.25) is 14.4 Å². The predicted octanol–water partition coefficient (Wildman–Crippen LogP) is 2.23. The van der Waals surface area contributed by atoms with Gasteiger partial charge in [0.15, 0.2) is 5.78 Å². The van der Waals surface area contributed by atoms with Crippen molar-refractivity contribution in [2.45, 2.75) is 0 Å². The molecule has 19 heavy (non-hydrogen) atoms. The van der Waals surface area contributed by atoms with E-state index in [1.807, 2.05) is 12.1 Å². The van der Waals surface area contributed by atoms with E-state index in [0.29, 0.717) is 11.1 Å². The van der Waals surface area contributed by atoms with Gasteiger partial charge in [0.05, 0.1) is 0 Å². The van der Waals surface area contributed by atoms with E-state index in [1.165, 1.54) is 0 Å². The number of Topliss-reactive ketones (excluding diaryl/α,β-unsaturated/α-hetero) is 1. The quantitative estimate of drug-likeness (QED) is 0.658. The number of hydroxylamine groups is 1. The Morgan fingerprint density at radius 1 is 0.842 bits per heavy atom. The van der Waals surface area contributed by atoms with Crippen molar-refractivity contribution in [1.82, 2.24) is 5.48 Å². The van der Waals surface area contributed by atoms with Gasteiger partial charge in [-0.15, -0.1) is 0 Å². The molecule has 1 N–H and O–H groups in total. The Morgan fingerprint density at radius 2 is 1.37 bits per heavy atom. The number of ketones is 1. The molecule has 0 unspecified atom stereocenters. The first-order chi connectivity index (χ1) is 9.27. The van der Waals surface area contributed by atoms with Gasteiger partial charge < -0.3 is 0 Å². The van der Waals surface area contributed by atoms with Gasteiger partial charge in [-0.1, -0.05) is 48.5 Å². The zero-order valence-corrected chi connectivity index (χ0v) is 10.2. The molecule has 0 fully saturated rings. The molecular weight excluding hydrogens is 242 g/mol. The van der Waals surface area contributed by atoms with Crippen LogP contribution < -0.4 is 5.48 Å². The molecule has 0 heterocycles. The SMILES string of the molecule is O=C(CONC(=O)c1ccccc1)c1ccccc1. The minimum absolute atomic E-state index is 0.186. The molecule has 0 aliphatic rings. The van der Waals surface area contributed by atoms with Crippen LogP contribution in [0.25, 0.3) is 0 Å². The summed E-state index contributed by atoms with van der Waals surface area (Å²) >= 11 is 0. The fourth-order valence-electron chi connectivity index (χ4n) is 1.52. The average molecular weight is 255 g/mol. The Hall–Kier alpha value is -2.46. The highest BCUT2D eigenvalue weighted by atomic mass is 16.7. The van der Waals surface area contributed by atoms with Crippen LogP contribution in [0.15, 0.2) is 60.7 Å². The first-order valence-corrected chi connectivity index (χ1v) is 5.83. The summed E-state index contributed by atoms with van der Waals surface area (Å²) < 4.78 is 0. The minimum Gasteiger partial charge on any atom is -0.291 e. The monoisotopic (exact) mass is 255 g/mol. The maximum Gasteiger partial charge on any atom is 0.274 e. The van der Waals surface area contributed by atoms with Gasteiger partial charge in [-0.2, -0.15) is 0 Å². The lowest BCUT2D eigenvalue weighted by Gasteiger charge is -2.05. The molecule has 0 saturated heterocycles. The maximum absolute atomic E-state index is 11.7. The highest BCUT2D eigenvalue weighted by molar-refractivity contribution is 5.97. The van der Waals surface area contributed by atoms with Crippen molar-refractivity contribution >= 4 is 11.7 Å². The zero-order valence-electron chi connectivity index (χ0n) is 10.2. The number of rotatable bonds is 5. The van der Waals surface area contributed by atoms with Crippen LogP contribution in [-0.2, 0) is 4.84 Å². The molecule has 2 aromatic rings. The van der Waals surface area contributed by atoms with Gasteiger partial charge in [-0.25, -0.2) is 5.48 Å². The molecule has 0 atom stereocenters. The lowest BCUT2D eigenvalue weighted by atomic mass is 10.1. The second kappa shape index (κ2) is 6.47. The third-order valence-electron chi connectivity index (χ3n) is 2.50. The van der Waals surface area contributed by atoms with Crippen molar-refractivity contribution in [2.75, 3.05) is 6.61 Å². The van der Waals surface area contributed by atoms with E-state index < -0.39 is 0 Å². The largest absolute Gasteiger partial charge is 0.291 e. The number of carbonyl (C=O) groups is 2. The van der Waals surface area contributed by atoms with Crippen LogP contribution in [-0.4, -0.2) is 18.3 Å². The lowest BCUT2D eigenvalue weighted by molar-refractivity contribution is 0.0312. The van der Waals surface area contributed by atoms with E-state index in [0.717, 1.165) is 0 Å². The van der Waals surface area contributed by atoms with Gasteiger partial charge in [0.1, 0.15) is 6.61 Å². The van der Waals surface area contributed by atoms with Crippen LogP contribution in [0.5, 0.6) is 0 Å². The van der Waals surface area contributed by atoms with Crippen molar-refractivity contribution in [3.05, 3.63) is 71.8 Å². The highest BCUT2D eigenvalue weighted by Crippen LogP contribution is 2.00. The summed E-state index contributed by atoms with van der Waals surface area (Å²) in [6.07, 6.45) is 0. The molecule has 0 saturated carbocycles. The molecule has 96 valence electrons. The van der Waals surface area contributed by atoms with E-state index in [4.69, 9.17) is 4.84 Å². The molecule has 0 radical (unpaired) electrons. The van der Waals surface area contributed by atoms with Gasteiger partial charge in [0.25, 0.3) is 5.91 Å². The van der Waals surface area contributed by atoms with Crippen molar-refractivity contribution in [3.63, 3.8) is 0 Å². The third kappa shape index (κ3) is 3.76. The Morgan fingerprint density at radius 3 is 1.95 bits per heavy atom. The minimum atomic E-state index is -0.374. The molecule has 0 aliphatic carbocycles. The fourth-order valence-corrected chi connectivity index (χ4v) is 1.52. The number of benzene rings is 2. The first-order valence-electron chi connectivity index (χ1n) is 5.83. The molecule has 0 aromatic heterocycles. The first kappa shape index (κ1) is 13.0. The zero-order chi connectivity index (χ0) is 13.5. The number of hydrogen-bond acceptors (Lipinski definition) is 3. The maximum atomic E-state index is 11.7. The standard InChI is InChI=1S/C15H13NO3/c17-14(12-7-3-1-4-8-12)11-19-16-15(18)13-9-5-2-6-10-13/h1-10H,11H2,(H,16,18). The summed E-state index contributed by atoms with van der Waals surface area (Å²) in [4.78, 5) is 28.2. The molecule has 2 rings (SSSR count). The van der Waals surface area contributed by atoms with Crippen LogP contribution in [0.3, 0.4) is 0 Å². The fraction of sp³-hybridized carbons (Fsp3) is 0.0667. The lowest BCUT2D eigenvalue weighted by Crippen LogP contribution is -2.26. The van der Waals surface area contributed by atoms with Gasteiger partial charge >= 0.3 is 0 Å². The number of amides is 1. The molecule has 0 aliphatic heterocycles. The van der Waals surface area contributed by atoms with E-state index >= 15 is 0 Å². The Balaban J connectivity index is 1.81. The molecular formula is C15H13NO3. The smallest absolute Gasteiger partial charge is 0.274 e. The number of nitrogens with one attached hydrogen (secondary N) is 1. The molecule has 1 amide bonds. The normalized spacial score (nSPS) is 9.89. The molecule has 2 aromatic carbocycles. The Kier molecular flexibility index (Phi) is 4.42. The van der Waals surface area contributed by atoms with Gasteiger partial charge in [0, 0.05) is 11.1 Å². The average Bonchev–Trinajstić information content (AvgIpc) is 2.49. The topological polar surface area (TPSA) is 55.4 Å². The van der Waals surface area contributed by atoms with E-state index in [-0.39, 0.29) is 18.3 Å². The van der Waals surface area contributed by atoms with Crippen LogP contribution in [0.4, 0.5) is 0 Å². The summed E-state index contributed by atoms with van der Waals surface area (Å²) in [5.74, 6) is -0.560. The van der Waals surface area contributed by atoms with E-state index in [1.54, 1.807) is 48.5 Å². The summed E-state index contributed by atoms with van der Waals surface area (Å²) in [6, 6.07) is 17.4. The van der Waals surface area contributed by atoms with Gasteiger partial charge in [0.2, 0.25) is 0 Å². The van der Waals surface area contributed by atoms with Crippen molar-refractivity contribution in [3.8, 4) is 0 Å². The van der Waals surface area contributed by atoms with Crippen LogP contribution >= 0.6 is 0 Å². The van der Waals surface area contributed by atoms with Crippen LogP contribution in [0.2, 0.25) is 0 Å². The van der Waals surface area contributed by atoms with E-state index in [9.17, 15) is 9.59 Å². The molecule has 4 heteroatoms. The molecule has 0 spiro atoms. The molecule has 0 bridgehead atoms. The highest BCUT2D eigenvalue weighted by Gasteiger charge is 2.08. The summed E-state index contributed by atoms with van der Waals surface area (Å²) in [7, 11) is 0. The molecule has 4 nitrogen and oxygen atoms in total. The Labute approximate surface area is 111 Å². The van der Waals surface area contributed by atoms with Crippen molar-refractivity contribution in [1.29, 1.82) is 0 Å². The summed E-state index contributed by atoms with van der Waals surface area (Å²) in [6.45, 7) is -0.192. The predicted molar refractivity (Wildman–Crippen MR) is 70.6 cm³/mol. The summed E-state index contributed by atoms with van der Waals surface area (Å²) in [5.41, 5.74) is 3.27. The van der Waals surface area contributed by atoms with Crippen molar-refractivity contribution in [2.24, 2.45) is 0 Å². The van der Waals surface area contributed by atoms with Crippen LogP contribution in [0, 0.1) is 0 Å². The second-order valence-corrected chi connectivity index (χ2v) is 3.88. The Bertz CT molecular complexity index is 501. The van der Waals surface area contributed by atoms with Crippen molar-refractivity contribution < 1.29 is 14.4 Å². The second-order valence-electron chi connectivity index (χ2n) is 3.88. The third-order valence-corrected chi connectivity index (χ3v) is 2.50.